The molecular weight excluding hydrogens is 334 g/mol. The molecule has 2 aromatic rings. The van der Waals surface area contributed by atoms with Crippen LogP contribution in [0.4, 0.5) is 0 Å². The smallest absolute Gasteiger partial charge is 0.258 e. The average molecular weight is 359 g/mol. The van der Waals surface area contributed by atoms with Crippen molar-refractivity contribution in [1.82, 2.24) is 5.32 Å². The third kappa shape index (κ3) is 6.20. The number of carbonyl (C=O) groups excluding carboxylic acids is 1. The fourth-order valence-corrected chi connectivity index (χ4v) is 2.23. The molecule has 26 heavy (non-hydrogen) atoms. The van der Waals surface area contributed by atoms with Crippen molar-refractivity contribution in [1.29, 1.82) is 0 Å². The lowest BCUT2D eigenvalue weighted by Gasteiger charge is -2.16. The molecule has 0 saturated carbocycles. The number of hydrogen-bond donors (Lipinski definition) is 1. The first kappa shape index (κ1) is 19.4. The zero-order valence-electron chi connectivity index (χ0n) is 15.6. The minimum atomic E-state index is -0.230. The lowest BCUT2D eigenvalue weighted by atomic mass is 10.2. The van der Waals surface area contributed by atoms with Crippen LogP contribution in [0.5, 0.6) is 23.0 Å². The number of methoxy groups -OCH3 is 2. The number of amides is 1. The van der Waals surface area contributed by atoms with E-state index in [0.29, 0.717) is 23.9 Å². The van der Waals surface area contributed by atoms with Gasteiger partial charge < -0.3 is 24.3 Å². The van der Waals surface area contributed by atoms with Gasteiger partial charge in [-0.15, -0.1) is 0 Å². The number of aryl methyl sites for hydroxylation is 1. The number of rotatable bonds is 9. The van der Waals surface area contributed by atoms with Crippen LogP contribution in [-0.4, -0.2) is 39.4 Å². The quantitative estimate of drug-likeness (QED) is 0.746. The summed E-state index contributed by atoms with van der Waals surface area (Å²) in [5.74, 6) is 2.24. The Morgan fingerprint density at radius 1 is 0.923 bits per heavy atom. The Morgan fingerprint density at radius 3 is 2.08 bits per heavy atom. The van der Waals surface area contributed by atoms with E-state index < -0.39 is 0 Å². The van der Waals surface area contributed by atoms with Crippen LogP contribution < -0.4 is 24.3 Å². The van der Waals surface area contributed by atoms with Crippen molar-refractivity contribution < 1.29 is 23.7 Å². The van der Waals surface area contributed by atoms with Crippen molar-refractivity contribution in [2.75, 3.05) is 27.4 Å². The van der Waals surface area contributed by atoms with Crippen LogP contribution in [0.3, 0.4) is 0 Å². The topological polar surface area (TPSA) is 66.0 Å². The maximum absolute atomic E-state index is 12.0. The summed E-state index contributed by atoms with van der Waals surface area (Å²) >= 11 is 0. The van der Waals surface area contributed by atoms with E-state index in [1.54, 1.807) is 32.4 Å². The molecule has 2 rings (SSSR count). The molecule has 0 aliphatic carbocycles. The summed E-state index contributed by atoms with van der Waals surface area (Å²) in [6.07, 6.45) is 0. The molecule has 0 aromatic heterocycles. The molecule has 0 aliphatic rings. The van der Waals surface area contributed by atoms with E-state index >= 15 is 0 Å². The van der Waals surface area contributed by atoms with Gasteiger partial charge in [-0.25, -0.2) is 0 Å². The maximum atomic E-state index is 12.0. The van der Waals surface area contributed by atoms with E-state index in [-0.39, 0.29) is 18.6 Å². The fraction of sp³-hybridized carbons (Fsp3) is 0.350. The molecule has 0 spiro atoms. The van der Waals surface area contributed by atoms with Crippen LogP contribution in [0.15, 0.2) is 42.5 Å². The van der Waals surface area contributed by atoms with E-state index in [2.05, 4.69) is 5.32 Å². The number of benzene rings is 2. The SMILES string of the molecule is COc1cc(OC)cc(OCC(=O)NC(C)COc2ccc(C)cc2)c1. The summed E-state index contributed by atoms with van der Waals surface area (Å²) in [7, 11) is 3.11. The van der Waals surface area contributed by atoms with Crippen LogP contribution in [0.2, 0.25) is 0 Å². The van der Waals surface area contributed by atoms with Crippen LogP contribution in [0.25, 0.3) is 0 Å². The van der Waals surface area contributed by atoms with Gasteiger partial charge in [-0.05, 0) is 26.0 Å². The molecule has 2 aromatic carbocycles. The van der Waals surface area contributed by atoms with Gasteiger partial charge in [-0.1, -0.05) is 17.7 Å². The molecule has 6 nitrogen and oxygen atoms in total. The van der Waals surface area contributed by atoms with Crippen molar-refractivity contribution in [3.8, 4) is 23.0 Å². The maximum Gasteiger partial charge on any atom is 0.258 e. The van der Waals surface area contributed by atoms with E-state index in [4.69, 9.17) is 18.9 Å². The molecule has 0 bridgehead atoms. The average Bonchev–Trinajstić information content (AvgIpc) is 2.65. The fourth-order valence-electron chi connectivity index (χ4n) is 2.23. The molecule has 140 valence electrons. The number of hydrogen-bond acceptors (Lipinski definition) is 5. The van der Waals surface area contributed by atoms with E-state index in [9.17, 15) is 4.79 Å². The number of ether oxygens (including phenoxy) is 4. The highest BCUT2D eigenvalue weighted by Gasteiger charge is 2.10. The Hall–Kier alpha value is -2.89. The standard InChI is InChI=1S/C20H25NO5/c1-14-5-7-16(8-6-14)25-12-15(2)21-20(22)13-26-19-10-17(23-3)9-18(11-19)24-4/h5-11,15H,12-13H2,1-4H3,(H,21,22). The predicted octanol–water partition coefficient (Wildman–Crippen LogP) is 2.97. The second-order valence-electron chi connectivity index (χ2n) is 5.93. The zero-order valence-corrected chi connectivity index (χ0v) is 15.6. The molecular formula is C20H25NO5. The molecule has 1 atom stereocenters. The van der Waals surface area contributed by atoms with Gasteiger partial charge in [0, 0.05) is 18.2 Å². The van der Waals surface area contributed by atoms with Crippen molar-refractivity contribution in [2.45, 2.75) is 19.9 Å². The molecule has 1 N–H and O–H groups in total. The van der Waals surface area contributed by atoms with Gasteiger partial charge in [-0.3, -0.25) is 4.79 Å². The molecule has 0 heterocycles. The first-order valence-corrected chi connectivity index (χ1v) is 8.35. The first-order valence-electron chi connectivity index (χ1n) is 8.35. The largest absolute Gasteiger partial charge is 0.496 e. The minimum absolute atomic E-state index is 0.106. The van der Waals surface area contributed by atoms with Crippen molar-refractivity contribution in [3.63, 3.8) is 0 Å². The number of nitrogens with one attached hydrogen (secondary N) is 1. The summed E-state index contributed by atoms with van der Waals surface area (Å²) in [6.45, 7) is 4.16. The zero-order chi connectivity index (χ0) is 18.9. The molecule has 1 amide bonds. The van der Waals surface area contributed by atoms with Crippen molar-refractivity contribution >= 4 is 5.91 Å². The van der Waals surface area contributed by atoms with E-state index in [1.807, 2.05) is 38.1 Å². The molecule has 6 heteroatoms. The summed E-state index contributed by atoms with van der Waals surface area (Å²) in [4.78, 5) is 12.0. The Morgan fingerprint density at radius 2 is 1.50 bits per heavy atom. The highest BCUT2D eigenvalue weighted by atomic mass is 16.5. The summed E-state index contributed by atoms with van der Waals surface area (Å²) in [5.41, 5.74) is 1.17. The highest BCUT2D eigenvalue weighted by molar-refractivity contribution is 5.77. The van der Waals surface area contributed by atoms with Gasteiger partial charge in [0.1, 0.15) is 29.6 Å². The third-order valence-electron chi connectivity index (χ3n) is 3.62. The Kier molecular flexibility index (Phi) is 7.14. The van der Waals surface area contributed by atoms with Crippen LogP contribution in [0.1, 0.15) is 12.5 Å². The Labute approximate surface area is 154 Å². The van der Waals surface area contributed by atoms with Crippen LogP contribution >= 0.6 is 0 Å². The van der Waals surface area contributed by atoms with Gasteiger partial charge in [0.25, 0.3) is 5.91 Å². The summed E-state index contributed by atoms with van der Waals surface area (Å²) < 4.78 is 21.5. The van der Waals surface area contributed by atoms with E-state index in [1.165, 1.54) is 5.56 Å². The first-order chi connectivity index (χ1) is 12.5. The normalized spacial score (nSPS) is 11.4. The van der Waals surface area contributed by atoms with Crippen molar-refractivity contribution in [3.05, 3.63) is 48.0 Å². The Balaban J connectivity index is 1.78. The van der Waals surface area contributed by atoms with Crippen molar-refractivity contribution in [2.24, 2.45) is 0 Å². The van der Waals surface area contributed by atoms with Gasteiger partial charge in [0.05, 0.1) is 20.3 Å². The van der Waals surface area contributed by atoms with E-state index in [0.717, 1.165) is 5.75 Å². The third-order valence-corrected chi connectivity index (χ3v) is 3.62. The monoisotopic (exact) mass is 359 g/mol. The van der Waals surface area contributed by atoms with Gasteiger partial charge in [0.2, 0.25) is 0 Å². The second-order valence-corrected chi connectivity index (χ2v) is 5.93. The summed E-state index contributed by atoms with van der Waals surface area (Å²) in [5, 5.41) is 2.84. The molecule has 1 unspecified atom stereocenters. The lowest BCUT2D eigenvalue weighted by Crippen LogP contribution is -2.39. The predicted molar refractivity (Wildman–Crippen MR) is 99.3 cm³/mol. The Bertz CT molecular complexity index is 692. The summed E-state index contributed by atoms with van der Waals surface area (Å²) in [6, 6.07) is 12.7. The van der Waals surface area contributed by atoms with Crippen LogP contribution in [0, 0.1) is 6.92 Å². The highest BCUT2D eigenvalue weighted by Crippen LogP contribution is 2.27. The molecule has 0 radical (unpaired) electrons. The lowest BCUT2D eigenvalue weighted by molar-refractivity contribution is -0.123. The molecule has 0 aliphatic heterocycles. The van der Waals surface area contributed by atoms with Gasteiger partial charge in [0.15, 0.2) is 6.61 Å². The molecule has 0 fully saturated rings. The molecule has 0 saturated heterocycles. The number of carbonyl (C=O) groups is 1. The second kappa shape index (κ2) is 9.56. The van der Waals surface area contributed by atoms with Crippen LogP contribution in [-0.2, 0) is 4.79 Å². The van der Waals surface area contributed by atoms with Gasteiger partial charge >= 0.3 is 0 Å². The minimum Gasteiger partial charge on any atom is -0.496 e. The van der Waals surface area contributed by atoms with Gasteiger partial charge in [-0.2, -0.15) is 0 Å².